The maximum atomic E-state index is 13.8. The monoisotopic (exact) mass is 504 g/mol. The first-order chi connectivity index (χ1) is 14.8. The summed E-state index contributed by atoms with van der Waals surface area (Å²) in [6, 6.07) is 15.7. The van der Waals surface area contributed by atoms with Crippen molar-refractivity contribution in [2.45, 2.75) is 30.7 Å². The topological polar surface area (TPSA) is 88.8 Å². The molecule has 1 N–H and O–H groups in total. The van der Waals surface area contributed by atoms with Crippen LogP contribution in [0.3, 0.4) is 0 Å². The minimum Gasteiger partial charge on any atom is -0.450 e. The third-order valence-electron chi connectivity index (χ3n) is 5.32. The van der Waals surface area contributed by atoms with Crippen LogP contribution in [0.2, 0.25) is 0 Å². The average Bonchev–Trinajstić information content (AvgIpc) is 3.22. The highest BCUT2D eigenvalue weighted by atomic mass is 79.9. The fraction of sp³-hybridized carbons (Fsp3) is 0.227. The van der Waals surface area contributed by atoms with Gasteiger partial charge in [-0.25, -0.2) is 13.2 Å². The van der Waals surface area contributed by atoms with Crippen LogP contribution in [0.25, 0.3) is 5.69 Å². The number of anilines is 1. The van der Waals surface area contributed by atoms with Crippen LogP contribution in [-0.2, 0) is 21.2 Å². The van der Waals surface area contributed by atoms with Crippen LogP contribution in [-0.4, -0.2) is 30.9 Å². The van der Waals surface area contributed by atoms with E-state index in [1.165, 1.54) is 4.31 Å². The molecule has 2 aromatic carbocycles. The van der Waals surface area contributed by atoms with Crippen molar-refractivity contribution < 1.29 is 23.1 Å². The molecule has 0 radical (unpaired) electrons. The van der Waals surface area contributed by atoms with Crippen LogP contribution < -0.4 is 4.31 Å². The second-order valence-electron chi connectivity index (χ2n) is 7.17. The van der Waals surface area contributed by atoms with Gasteiger partial charge in [0, 0.05) is 22.8 Å². The summed E-state index contributed by atoms with van der Waals surface area (Å²) >= 11 is 3.47. The zero-order valence-corrected chi connectivity index (χ0v) is 19.1. The molecule has 1 atom stereocenters. The number of halogens is 1. The van der Waals surface area contributed by atoms with Gasteiger partial charge in [0.05, 0.1) is 28.9 Å². The summed E-state index contributed by atoms with van der Waals surface area (Å²) in [4.78, 5) is 10.7. The number of nitrogens with zero attached hydrogens (tertiary/aromatic N) is 2. The van der Waals surface area contributed by atoms with Gasteiger partial charge in [0.2, 0.25) is 0 Å². The Morgan fingerprint density at radius 3 is 2.55 bits per heavy atom. The summed E-state index contributed by atoms with van der Waals surface area (Å²) in [5, 5.41) is 8.58. The Balaban J connectivity index is 1.73. The van der Waals surface area contributed by atoms with E-state index < -0.39 is 16.2 Å². The Hall–Kier alpha value is -2.78. The number of sulfonamides is 1. The summed E-state index contributed by atoms with van der Waals surface area (Å²) in [5.41, 5.74) is 3.13. The molecule has 0 amide bonds. The lowest BCUT2D eigenvalue weighted by Gasteiger charge is -2.38. The van der Waals surface area contributed by atoms with Crippen LogP contribution in [0.15, 0.2) is 70.2 Å². The quantitative estimate of drug-likeness (QED) is 0.469. The highest BCUT2D eigenvalue weighted by Crippen LogP contribution is 2.44. The van der Waals surface area contributed by atoms with Crippen molar-refractivity contribution >= 4 is 37.8 Å². The summed E-state index contributed by atoms with van der Waals surface area (Å²) in [5.74, 6) is 0. The number of ether oxygens (including phenoxy) is 1. The van der Waals surface area contributed by atoms with Gasteiger partial charge in [-0.15, -0.1) is 0 Å². The number of fused-ring (bicyclic) bond motifs is 3. The fourth-order valence-electron chi connectivity index (χ4n) is 3.92. The first kappa shape index (κ1) is 21.5. The molecule has 0 saturated heterocycles. The van der Waals surface area contributed by atoms with Crippen molar-refractivity contribution in [2.75, 3.05) is 10.9 Å². The van der Waals surface area contributed by atoms with Crippen molar-refractivity contribution in [1.29, 1.82) is 0 Å². The van der Waals surface area contributed by atoms with E-state index in [1.807, 2.05) is 48.0 Å². The lowest BCUT2D eigenvalue weighted by molar-refractivity contribution is 0.0927. The van der Waals surface area contributed by atoms with Gasteiger partial charge in [0.15, 0.2) is 0 Å². The van der Waals surface area contributed by atoms with Crippen molar-refractivity contribution in [3.8, 4) is 5.69 Å². The average molecular weight is 505 g/mol. The maximum absolute atomic E-state index is 13.8. The Morgan fingerprint density at radius 1 is 1.13 bits per heavy atom. The van der Waals surface area contributed by atoms with Crippen LogP contribution in [0, 0.1) is 0 Å². The lowest BCUT2D eigenvalue weighted by atomic mass is 10.1. The van der Waals surface area contributed by atoms with E-state index in [0.717, 1.165) is 21.4 Å². The minimum absolute atomic E-state index is 0.0177. The Labute approximate surface area is 189 Å². The van der Waals surface area contributed by atoms with Crippen LogP contribution >= 0.6 is 15.9 Å². The Morgan fingerprint density at radius 2 is 1.87 bits per heavy atom. The van der Waals surface area contributed by atoms with E-state index in [2.05, 4.69) is 20.7 Å². The highest BCUT2D eigenvalue weighted by molar-refractivity contribution is 9.10. The van der Waals surface area contributed by atoms with Crippen LogP contribution in [0.4, 0.5) is 10.5 Å². The molecule has 0 fully saturated rings. The van der Waals surface area contributed by atoms with E-state index in [4.69, 9.17) is 5.11 Å². The number of hydrogen-bond acceptors (Lipinski definition) is 4. The maximum Gasteiger partial charge on any atom is 0.505 e. The molecule has 0 saturated carbocycles. The molecule has 1 aliphatic rings. The van der Waals surface area contributed by atoms with E-state index in [1.54, 1.807) is 24.3 Å². The molecule has 3 aromatic rings. The Bertz CT molecular complexity index is 1220. The molecule has 1 aliphatic heterocycles. The summed E-state index contributed by atoms with van der Waals surface area (Å²) < 4.78 is 36.4. The molecule has 1 unspecified atom stereocenters. The molecule has 31 heavy (non-hydrogen) atoms. The fourth-order valence-corrected chi connectivity index (χ4v) is 5.97. The van der Waals surface area contributed by atoms with Crippen LogP contribution in [0.5, 0.6) is 0 Å². The number of rotatable bonds is 6. The van der Waals surface area contributed by atoms with Gasteiger partial charge < -0.3 is 14.4 Å². The lowest BCUT2D eigenvalue weighted by Crippen LogP contribution is -2.39. The van der Waals surface area contributed by atoms with E-state index in [0.29, 0.717) is 18.5 Å². The second kappa shape index (κ2) is 8.39. The molecule has 9 heteroatoms. The minimum atomic E-state index is -3.85. The molecule has 0 spiro atoms. The Kier molecular flexibility index (Phi) is 5.81. The van der Waals surface area contributed by atoms with Crippen molar-refractivity contribution in [3.63, 3.8) is 0 Å². The summed E-state index contributed by atoms with van der Waals surface area (Å²) in [6.07, 6.45) is 1.60. The summed E-state index contributed by atoms with van der Waals surface area (Å²) in [7, 11) is -3.85. The molecule has 0 aliphatic carbocycles. The zero-order valence-electron chi connectivity index (χ0n) is 16.7. The van der Waals surface area contributed by atoms with E-state index >= 15 is 0 Å². The molecule has 0 bridgehead atoms. The molecular formula is C22H21BrN2O5S. The summed E-state index contributed by atoms with van der Waals surface area (Å²) in [6.45, 7) is 1.99. The third-order valence-corrected chi connectivity index (χ3v) is 7.65. The van der Waals surface area contributed by atoms with Crippen molar-refractivity contribution in [3.05, 3.63) is 76.5 Å². The van der Waals surface area contributed by atoms with E-state index in [-0.39, 0.29) is 17.5 Å². The molecule has 162 valence electrons. The standard InChI is InChI=1S/C22H21BrN2O5S/c1-2-18-19-4-3-12-24(19)20-10-7-16(23)14-21(20)25(18)31(28,29)17-8-5-15(6-9-17)11-13-30-22(26)27/h3-10,12,14,18H,2,11,13H2,1H3,(H,26,27). The highest BCUT2D eigenvalue weighted by Gasteiger charge is 2.38. The SMILES string of the molecule is CCC1c2cccn2-c2ccc(Br)cc2N1S(=O)(=O)c1ccc(CCOC(=O)O)cc1. The second-order valence-corrected chi connectivity index (χ2v) is 9.90. The smallest absolute Gasteiger partial charge is 0.450 e. The predicted molar refractivity (Wildman–Crippen MR) is 120 cm³/mol. The van der Waals surface area contributed by atoms with Gasteiger partial charge in [-0.05, 0) is 54.4 Å². The molecular weight excluding hydrogens is 484 g/mol. The first-order valence-electron chi connectivity index (χ1n) is 9.79. The third kappa shape index (κ3) is 3.95. The number of carboxylic acid groups (broad SMARTS) is 1. The van der Waals surface area contributed by atoms with Gasteiger partial charge in [-0.3, -0.25) is 4.31 Å². The van der Waals surface area contributed by atoms with Gasteiger partial charge in [-0.2, -0.15) is 0 Å². The van der Waals surface area contributed by atoms with Gasteiger partial charge in [0.1, 0.15) is 0 Å². The molecule has 2 heterocycles. The van der Waals surface area contributed by atoms with Crippen molar-refractivity contribution in [1.82, 2.24) is 4.57 Å². The zero-order chi connectivity index (χ0) is 22.2. The normalized spacial score (nSPS) is 15.3. The van der Waals surface area contributed by atoms with Crippen LogP contribution in [0.1, 0.15) is 30.6 Å². The number of aromatic nitrogens is 1. The largest absolute Gasteiger partial charge is 0.505 e. The van der Waals surface area contributed by atoms with Gasteiger partial charge >= 0.3 is 6.16 Å². The van der Waals surface area contributed by atoms with Gasteiger partial charge in [0.25, 0.3) is 10.0 Å². The number of carbonyl (C=O) groups is 1. The van der Waals surface area contributed by atoms with Crippen molar-refractivity contribution in [2.24, 2.45) is 0 Å². The first-order valence-corrected chi connectivity index (χ1v) is 12.0. The number of benzene rings is 2. The molecule has 7 nitrogen and oxygen atoms in total. The molecule has 1 aromatic heterocycles. The van der Waals surface area contributed by atoms with Gasteiger partial charge in [-0.1, -0.05) is 35.0 Å². The molecule has 4 rings (SSSR count). The predicted octanol–water partition coefficient (Wildman–Crippen LogP) is 5.14. The number of hydrogen-bond donors (Lipinski definition) is 1. The van der Waals surface area contributed by atoms with E-state index in [9.17, 15) is 13.2 Å².